The van der Waals surface area contributed by atoms with Crippen molar-refractivity contribution in [1.82, 2.24) is 9.78 Å². The standard InChI is InChI=1S/C13H14BrFN2O2/c1-19-7-6-17-12(11(14)8-16-17)13(18)9-2-4-10(15)5-3-9/h2-5,8,13,18H,6-7H2,1H3. The van der Waals surface area contributed by atoms with E-state index in [-0.39, 0.29) is 5.82 Å². The fourth-order valence-corrected chi connectivity index (χ4v) is 2.32. The number of aliphatic hydroxyl groups is 1. The summed E-state index contributed by atoms with van der Waals surface area (Å²) in [4.78, 5) is 0. The molecule has 0 fully saturated rings. The minimum atomic E-state index is -0.866. The summed E-state index contributed by atoms with van der Waals surface area (Å²) in [5, 5.41) is 14.6. The maximum absolute atomic E-state index is 12.9. The number of ether oxygens (including phenoxy) is 1. The predicted octanol–water partition coefficient (Wildman–Crippen LogP) is 2.51. The molecule has 6 heteroatoms. The van der Waals surface area contributed by atoms with Gasteiger partial charge in [-0.1, -0.05) is 12.1 Å². The van der Waals surface area contributed by atoms with E-state index in [0.717, 1.165) is 0 Å². The topological polar surface area (TPSA) is 47.3 Å². The summed E-state index contributed by atoms with van der Waals surface area (Å²) in [5.74, 6) is -0.331. The van der Waals surface area contributed by atoms with Crippen LogP contribution >= 0.6 is 15.9 Å². The fraction of sp³-hybridized carbons (Fsp3) is 0.308. The normalized spacial score (nSPS) is 12.6. The van der Waals surface area contributed by atoms with Gasteiger partial charge in [0, 0.05) is 7.11 Å². The van der Waals surface area contributed by atoms with Gasteiger partial charge in [-0.25, -0.2) is 4.39 Å². The first kappa shape index (κ1) is 14.2. The van der Waals surface area contributed by atoms with Crippen LogP contribution in [0.3, 0.4) is 0 Å². The molecule has 1 heterocycles. The lowest BCUT2D eigenvalue weighted by Crippen LogP contribution is -2.13. The van der Waals surface area contributed by atoms with Crippen molar-refractivity contribution in [2.75, 3.05) is 13.7 Å². The van der Waals surface area contributed by atoms with E-state index < -0.39 is 6.10 Å². The molecule has 0 aliphatic heterocycles. The molecule has 0 spiro atoms. The van der Waals surface area contributed by atoms with E-state index in [4.69, 9.17) is 4.74 Å². The van der Waals surface area contributed by atoms with Gasteiger partial charge in [0.2, 0.25) is 0 Å². The SMILES string of the molecule is COCCn1ncc(Br)c1C(O)c1ccc(F)cc1. The first-order chi connectivity index (χ1) is 9.13. The third-order valence-electron chi connectivity index (χ3n) is 2.79. The molecule has 1 unspecified atom stereocenters. The Bertz CT molecular complexity index is 542. The minimum Gasteiger partial charge on any atom is -0.383 e. The average molecular weight is 329 g/mol. The quantitative estimate of drug-likeness (QED) is 0.917. The Kier molecular flexibility index (Phi) is 4.68. The Morgan fingerprint density at radius 3 is 2.74 bits per heavy atom. The molecule has 1 N–H and O–H groups in total. The molecule has 102 valence electrons. The Labute approximate surface area is 118 Å². The van der Waals surface area contributed by atoms with E-state index in [1.165, 1.54) is 12.1 Å². The molecule has 1 aromatic heterocycles. The predicted molar refractivity (Wildman–Crippen MR) is 72.3 cm³/mol. The largest absolute Gasteiger partial charge is 0.383 e. The number of nitrogens with zero attached hydrogens (tertiary/aromatic N) is 2. The first-order valence-electron chi connectivity index (χ1n) is 5.77. The molecule has 0 amide bonds. The molecule has 0 bridgehead atoms. The summed E-state index contributed by atoms with van der Waals surface area (Å²) in [5.41, 5.74) is 1.24. The van der Waals surface area contributed by atoms with E-state index in [2.05, 4.69) is 21.0 Å². The molecule has 1 atom stereocenters. The number of hydrogen-bond acceptors (Lipinski definition) is 3. The van der Waals surface area contributed by atoms with Crippen LogP contribution in [0.1, 0.15) is 17.4 Å². The van der Waals surface area contributed by atoms with Crippen LogP contribution in [-0.4, -0.2) is 28.6 Å². The average Bonchev–Trinajstić information content (AvgIpc) is 2.77. The molecule has 0 aliphatic carbocycles. The van der Waals surface area contributed by atoms with Gasteiger partial charge in [0.05, 0.1) is 29.5 Å². The third-order valence-corrected chi connectivity index (χ3v) is 3.40. The zero-order valence-corrected chi connectivity index (χ0v) is 12.0. The van der Waals surface area contributed by atoms with Gasteiger partial charge in [0.25, 0.3) is 0 Å². The highest BCUT2D eigenvalue weighted by atomic mass is 79.9. The fourth-order valence-electron chi connectivity index (χ4n) is 1.80. The van der Waals surface area contributed by atoms with Gasteiger partial charge in [-0.3, -0.25) is 4.68 Å². The van der Waals surface area contributed by atoms with E-state index in [9.17, 15) is 9.50 Å². The van der Waals surface area contributed by atoms with Crippen LogP contribution < -0.4 is 0 Å². The van der Waals surface area contributed by atoms with Crippen LogP contribution in [0.5, 0.6) is 0 Å². The van der Waals surface area contributed by atoms with E-state index >= 15 is 0 Å². The van der Waals surface area contributed by atoms with Gasteiger partial charge >= 0.3 is 0 Å². The summed E-state index contributed by atoms with van der Waals surface area (Å²) in [6.45, 7) is 1.03. The van der Waals surface area contributed by atoms with Crippen LogP contribution in [0.15, 0.2) is 34.9 Å². The van der Waals surface area contributed by atoms with Crippen molar-refractivity contribution in [2.24, 2.45) is 0 Å². The van der Waals surface area contributed by atoms with Gasteiger partial charge in [0.1, 0.15) is 11.9 Å². The highest BCUT2D eigenvalue weighted by Crippen LogP contribution is 2.28. The molecule has 4 nitrogen and oxygen atoms in total. The van der Waals surface area contributed by atoms with Crippen molar-refractivity contribution < 1.29 is 14.2 Å². The molecule has 1 aromatic carbocycles. The second kappa shape index (κ2) is 6.27. The van der Waals surface area contributed by atoms with Crippen molar-refractivity contribution in [3.63, 3.8) is 0 Å². The number of methoxy groups -OCH3 is 1. The zero-order valence-electron chi connectivity index (χ0n) is 10.4. The van der Waals surface area contributed by atoms with Crippen molar-refractivity contribution in [1.29, 1.82) is 0 Å². The lowest BCUT2D eigenvalue weighted by molar-refractivity contribution is 0.171. The molecule has 0 saturated carbocycles. The number of halogens is 2. The summed E-state index contributed by atoms with van der Waals surface area (Å²) >= 11 is 3.36. The zero-order chi connectivity index (χ0) is 13.8. The lowest BCUT2D eigenvalue weighted by Gasteiger charge is -2.14. The van der Waals surface area contributed by atoms with Crippen LogP contribution in [0.2, 0.25) is 0 Å². The van der Waals surface area contributed by atoms with Gasteiger partial charge in [-0.05, 0) is 33.6 Å². The maximum atomic E-state index is 12.9. The summed E-state index contributed by atoms with van der Waals surface area (Å²) in [6, 6.07) is 5.75. The maximum Gasteiger partial charge on any atom is 0.123 e. The van der Waals surface area contributed by atoms with Crippen LogP contribution in [0, 0.1) is 5.82 Å². The second-order valence-electron chi connectivity index (χ2n) is 4.05. The third kappa shape index (κ3) is 3.20. The summed E-state index contributed by atoms with van der Waals surface area (Å²) in [7, 11) is 1.61. The second-order valence-corrected chi connectivity index (χ2v) is 4.90. The molecule has 2 rings (SSSR count). The Balaban J connectivity index is 2.29. The van der Waals surface area contributed by atoms with Crippen LogP contribution in [0.4, 0.5) is 4.39 Å². The number of aliphatic hydroxyl groups excluding tert-OH is 1. The molecular weight excluding hydrogens is 315 g/mol. The van der Waals surface area contributed by atoms with E-state index in [1.54, 1.807) is 30.1 Å². The lowest BCUT2D eigenvalue weighted by atomic mass is 10.1. The molecule has 2 aromatic rings. The van der Waals surface area contributed by atoms with Gasteiger partial charge < -0.3 is 9.84 Å². The van der Waals surface area contributed by atoms with Crippen LogP contribution in [0.25, 0.3) is 0 Å². The van der Waals surface area contributed by atoms with Crippen LogP contribution in [-0.2, 0) is 11.3 Å². The van der Waals surface area contributed by atoms with Crippen molar-refractivity contribution in [2.45, 2.75) is 12.6 Å². The van der Waals surface area contributed by atoms with Crippen molar-refractivity contribution in [3.8, 4) is 0 Å². The summed E-state index contributed by atoms with van der Waals surface area (Å²) in [6.07, 6.45) is 0.756. The minimum absolute atomic E-state index is 0.331. The number of aromatic nitrogens is 2. The highest BCUT2D eigenvalue weighted by Gasteiger charge is 2.19. The summed E-state index contributed by atoms with van der Waals surface area (Å²) < 4.78 is 20.3. The van der Waals surface area contributed by atoms with Gasteiger partial charge in [0.15, 0.2) is 0 Å². The highest BCUT2D eigenvalue weighted by molar-refractivity contribution is 9.10. The molecule has 0 saturated heterocycles. The number of hydrogen-bond donors (Lipinski definition) is 1. The number of rotatable bonds is 5. The van der Waals surface area contributed by atoms with Gasteiger partial charge in [-0.2, -0.15) is 5.10 Å². The Hall–Kier alpha value is -1.24. The Morgan fingerprint density at radius 1 is 1.42 bits per heavy atom. The Morgan fingerprint density at radius 2 is 2.11 bits per heavy atom. The van der Waals surface area contributed by atoms with E-state index in [1.807, 2.05) is 0 Å². The van der Waals surface area contributed by atoms with Crippen molar-refractivity contribution in [3.05, 3.63) is 52.0 Å². The van der Waals surface area contributed by atoms with Crippen molar-refractivity contribution >= 4 is 15.9 Å². The number of benzene rings is 1. The monoisotopic (exact) mass is 328 g/mol. The van der Waals surface area contributed by atoms with E-state index in [0.29, 0.717) is 28.9 Å². The molecular formula is C13H14BrFN2O2. The molecule has 0 aliphatic rings. The first-order valence-corrected chi connectivity index (χ1v) is 6.56. The molecule has 19 heavy (non-hydrogen) atoms. The van der Waals surface area contributed by atoms with Gasteiger partial charge in [-0.15, -0.1) is 0 Å². The smallest absolute Gasteiger partial charge is 0.123 e. The molecule has 0 radical (unpaired) electrons.